The number of fused-ring (bicyclic) bond motifs is 1. The number of hydrogen-bond donors (Lipinski definition) is 1. The third-order valence-electron chi connectivity index (χ3n) is 3.56. The van der Waals surface area contributed by atoms with Crippen molar-refractivity contribution in [1.29, 1.82) is 0 Å². The number of carbonyl (C=O) groups is 2. The number of carboxylic acid groups (broad SMARTS) is 1. The summed E-state index contributed by atoms with van der Waals surface area (Å²) in [6.45, 7) is 5.22. The van der Waals surface area contributed by atoms with Crippen molar-refractivity contribution in [3.05, 3.63) is 32.7 Å². The SMILES string of the molecule is Cc1sc2ncc(C(=O)N(C)CC(C)C(=O)O)c(=O)n2c1C. The summed E-state index contributed by atoms with van der Waals surface area (Å²) in [7, 11) is 1.47. The van der Waals surface area contributed by atoms with Crippen LogP contribution in [0.4, 0.5) is 0 Å². The number of carboxylic acids is 1. The third-order valence-corrected chi connectivity index (χ3v) is 4.64. The molecule has 0 radical (unpaired) electrons. The molecule has 1 unspecified atom stereocenters. The van der Waals surface area contributed by atoms with Gasteiger partial charge in [0.05, 0.1) is 5.92 Å². The van der Waals surface area contributed by atoms with Gasteiger partial charge in [-0.15, -0.1) is 11.3 Å². The first-order valence-electron chi connectivity index (χ1n) is 6.70. The Bertz CT molecular complexity index is 808. The van der Waals surface area contributed by atoms with Crippen molar-refractivity contribution >= 4 is 28.2 Å². The molecule has 1 atom stereocenters. The van der Waals surface area contributed by atoms with Crippen molar-refractivity contribution in [3.8, 4) is 0 Å². The van der Waals surface area contributed by atoms with Crippen LogP contribution in [-0.4, -0.2) is 44.9 Å². The van der Waals surface area contributed by atoms with E-state index in [9.17, 15) is 14.4 Å². The Labute approximate surface area is 130 Å². The van der Waals surface area contributed by atoms with Crippen LogP contribution in [0, 0.1) is 19.8 Å². The summed E-state index contributed by atoms with van der Waals surface area (Å²) in [5, 5.41) is 8.90. The van der Waals surface area contributed by atoms with E-state index in [-0.39, 0.29) is 12.1 Å². The first-order chi connectivity index (χ1) is 10.2. The summed E-state index contributed by atoms with van der Waals surface area (Å²) in [5.41, 5.74) is 0.277. The van der Waals surface area contributed by atoms with E-state index in [0.29, 0.717) is 4.96 Å². The number of hydrogen-bond acceptors (Lipinski definition) is 5. The minimum absolute atomic E-state index is 0.0258. The molecule has 0 bridgehead atoms. The van der Waals surface area contributed by atoms with E-state index >= 15 is 0 Å². The summed E-state index contributed by atoms with van der Waals surface area (Å²) < 4.78 is 1.42. The number of rotatable bonds is 4. The lowest BCUT2D eigenvalue weighted by Gasteiger charge is -2.19. The van der Waals surface area contributed by atoms with Gasteiger partial charge in [0, 0.05) is 30.4 Å². The maximum absolute atomic E-state index is 12.5. The van der Waals surface area contributed by atoms with Crippen LogP contribution in [0.5, 0.6) is 0 Å². The van der Waals surface area contributed by atoms with Gasteiger partial charge in [0.15, 0.2) is 4.96 Å². The number of aliphatic carboxylic acids is 1. The lowest BCUT2D eigenvalue weighted by Crippen LogP contribution is -2.37. The minimum Gasteiger partial charge on any atom is -0.481 e. The number of nitrogens with zero attached hydrogens (tertiary/aromatic N) is 3. The Hall–Kier alpha value is -2.22. The molecule has 2 rings (SSSR count). The third kappa shape index (κ3) is 2.74. The summed E-state index contributed by atoms with van der Waals surface area (Å²) in [6, 6.07) is 0. The molecule has 0 spiro atoms. The molecule has 0 fully saturated rings. The van der Waals surface area contributed by atoms with E-state index in [4.69, 9.17) is 5.11 Å². The van der Waals surface area contributed by atoms with E-state index in [0.717, 1.165) is 10.6 Å². The molecule has 8 heteroatoms. The molecule has 0 aromatic carbocycles. The maximum Gasteiger partial charge on any atom is 0.308 e. The van der Waals surface area contributed by atoms with E-state index < -0.39 is 23.4 Å². The number of carbonyl (C=O) groups excluding carboxylic acids is 1. The Morgan fingerprint density at radius 1 is 1.45 bits per heavy atom. The molecule has 0 aliphatic carbocycles. The topological polar surface area (TPSA) is 92.0 Å². The summed E-state index contributed by atoms with van der Waals surface area (Å²) in [4.78, 5) is 42.6. The molecule has 2 aromatic heterocycles. The second kappa shape index (κ2) is 5.88. The van der Waals surface area contributed by atoms with Crippen LogP contribution in [0.3, 0.4) is 0 Å². The van der Waals surface area contributed by atoms with E-state index in [1.165, 1.54) is 40.8 Å². The first-order valence-corrected chi connectivity index (χ1v) is 7.51. The quantitative estimate of drug-likeness (QED) is 0.911. The Kier molecular flexibility index (Phi) is 4.32. The standard InChI is InChI=1S/C14H17N3O4S/c1-7(13(20)21)6-16(4)11(18)10-5-15-14-17(12(10)19)8(2)9(3)22-14/h5,7H,6H2,1-4H3,(H,20,21). The summed E-state index contributed by atoms with van der Waals surface area (Å²) in [5.74, 6) is -2.23. The fourth-order valence-electron chi connectivity index (χ4n) is 2.10. The van der Waals surface area contributed by atoms with E-state index in [1.54, 1.807) is 6.92 Å². The predicted octanol–water partition coefficient (Wildman–Crippen LogP) is 1.17. The van der Waals surface area contributed by atoms with Crippen molar-refractivity contribution < 1.29 is 14.7 Å². The van der Waals surface area contributed by atoms with E-state index in [1.807, 2.05) is 6.92 Å². The van der Waals surface area contributed by atoms with Gasteiger partial charge < -0.3 is 10.0 Å². The van der Waals surface area contributed by atoms with Gasteiger partial charge in [-0.3, -0.25) is 18.8 Å². The lowest BCUT2D eigenvalue weighted by molar-refractivity contribution is -0.141. The number of aryl methyl sites for hydroxylation is 2. The molecule has 1 amide bonds. The Morgan fingerprint density at radius 3 is 2.68 bits per heavy atom. The molecule has 0 aliphatic rings. The number of aromatic nitrogens is 2. The highest BCUT2D eigenvalue weighted by Crippen LogP contribution is 2.18. The van der Waals surface area contributed by atoms with Crippen molar-refractivity contribution in [3.63, 3.8) is 0 Å². The average molecular weight is 323 g/mol. The second-order valence-corrected chi connectivity index (χ2v) is 6.45. The highest BCUT2D eigenvalue weighted by Gasteiger charge is 2.22. The van der Waals surface area contributed by atoms with E-state index in [2.05, 4.69) is 4.98 Å². The zero-order valence-electron chi connectivity index (χ0n) is 12.8. The monoisotopic (exact) mass is 323 g/mol. The van der Waals surface area contributed by atoms with Gasteiger partial charge >= 0.3 is 5.97 Å². The van der Waals surface area contributed by atoms with Crippen LogP contribution < -0.4 is 5.56 Å². The van der Waals surface area contributed by atoms with Crippen LogP contribution >= 0.6 is 11.3 Å². The molecule has 2 aromatic rings. The van der Waals surface area contributed by atoms with Crippen LogP contribution in [0.25, 0.3) is 4.96 Å². The average Bonchev–Trinajstić information content (AvgIpc) is 2.74. The van der Waals surface area contributed by atoms with Gasteiger partial charge in [-0.1, -0.05) is 6.92 Å². The van der Waals surface area contributed by atoms with Crippen LogP contribution in [0.15, 0.2) is 11.0 Å². The zero-order chi connectivity index (χ0) is 16.6. The van der Waals surface area contributed by atoms with Crippen molar-refractivity contribution in [1.82, 2.24) is 14.3 Å². The highest BCUT2D eigenvalue weighted by atomic mass is 32.1. The predicted molar refractivity (Wildman–Crippen MR) is 82.6 cm³/mol. The minimum atomic E-state index is -0.991. The molecule has 7 nitrogen and oxygen atoms in total. The van der Waals surface area contributed by atoms with Gasteiger partial charge in [-0.25, -0.2) is 4.98 Å². The molecule has 0 saturated carbocycles. The molecular formula is C14H17N3O4S. The molecular weight excluding hydrogens is 306 g/mol. The maximum atomic E-state index is 12.5. The lowest BCUT2D eigenvalue weighted by atomic mass is 10.1. The van der Waals surface area contributed by atoms with Gasteiger partial charge in [0.2, 0.25) is 0 Å². The zero-order valence-corrected chi connectivity index (χ0v) is 13.6. The molecule has 1 N–H and O–H groups in total. The fraction of sp³-hybridized carbons (Fsp3) is 0.429. The molecule has 0 saturated heterocycles. The molecule has 22 heavy (non-hydrogen) atoms. The summed E-state index contributed by atoms with van der Waals surface area (Å²) in [6.07, 6.45) is 1.26. The van der Waals surface area contributed by atoms with Crippen molar-refractivity contribution in [2.24, 2.45) is 5.92 Å². The normalized spacial score (nSPS) is 12.4. The van der Waals surface area contributed by atoms with Gasteiger partial charge in [-0.2, -0.15) is 0 Å². The number of amides is 1. The first kappa shape index (κ1) is 16.2. The fourth-order valence-corrected chi connectivity index (χ4v) is 3.03. The van der Waals surface area contributed by atoms with Crippen molar-refractivity contribution in [2.45, 2.75) is 20.8 Å². The van der Waals surface area contributed by atoms with Crippen LogP contribution in [-0.2, 0) is 4.79 Å². The van der Waals surface area contributed by atoms with Crippen LogP contribution in [0.1, 0.15) is 27.9 Å². The molecule has 118 valence electrons. The Morgan fingerprint density at radius 2 is 2.09 bits per heavy atom. The van der Waals surface area contributed by atoms with Gasteiger partial charge in [-0.05, 0) is 13.8 Å². The second-order valence-electron chi connectivity index (χ2n) is 5.26. The highest BCUT2D eigenvalue weighted by molar-refractivity contribution is 7.17. The van der Waals surface area contributed by atoms with Crippen LogP contribution in [0.2, 0.25) is 0 Å². The van der Waals surface area contributed by atoms with Gasteiger partial charge in [0.1, 0.15) is 5.56 Å². The number of thiazole rings is 1. The largest absolute Gasteiger partial charge is 0.481 e. The molecule has 2 heterocycles. The summed E-state index contributed by atoms with van der Waals surface area (Å²) >= 11 is 1.39. The Balaban J connectivity index is 2.40. The molecule has 0 aliphatic heterocycles. The van der Waals surface area contributed by atoms with Crippen molar-refractivity contribution in [2.75, 3.05) is 13.6 Å². The van der Waals surface area contributed by atoms with Gasteiger partial charge in [0.25, 0.3) is 11.5 Å². The smallest absolute Gasteiger partial charge is 0.308 e.